The molecule has 1 rings (SSSR count). The van der Waals surface area contributed by atoms with Crippen molar-refractivity contribution < 1.29 is 22.7 Å². The van der Waals surface area contributed by atoms with Crippen LogP contribution in [-0.4, -0.2) is 59.6 Å². The van der Waals surface area contributed by atoms with Crippen molar-refractivity contribution in [1.29, 1.82) is 0 Å². The van der Waals surface area contributed by atoms with Crippen molar-refractivity contribution in [1.82, 2.24) is 9.62 Å². The Kier molecular flexibility index (Phi) is 6.99. The van der Waals surface area contributed by atoms with Gasteiger partial charge in [-0.2, -0.15) is 4.31 Å². The SMILES string of the molecule is CNC(=O)COCCN(C)S(=O)(=O)c1c(C)cc(OC)cc1C. The fourth-order valence-corrected chi connectivity index (χ4v) is 3.70. The molecule has 7 nitrogen and oxygen atoms in total. The maximum atomic E-state index is 12.7. The summed E-state index contributed by atoms with van der Waals surface area (Å²) in [6.45, 7) is 3.67. The average Bonchev–Trinajstić information content (AvgIpc) is 2.49. The van der Waals surface area contributed by atoms with E-state index in [2.05, 4.69) is 5.32 Å². The molecule has 23 heavy (non-hydrogen) atoms. The van der Waals surface area contributed by atoms with Gasteiger partial charge in [-0.15, -0.1) is 0 Å². The van der Waals surface area contributed by atoms with E-state index in [9.17, 15) is 13.2 Å². The van der Waals surface area contributed by atoms with E-state index < -0.39 is 10.0 Å². The van der Waals surface area contributed by atoms with E-state index in [4.69, 9.17) is 9.47 Å². The van der Waals surface area contributed by atoms with Crippen LogP contribution in [0.1, 0.15) is 11.1 Å². The van der Waals surface area contributed by atoms with Crippen molar-refractivity contribution in [3.05, 3.63) is 23.3 Å². The summed E-state index contributed by atoms with van der Waals surface area (Å²) in [4.78, 5) is 11.3. The maximum absolute atomic E-state index is 12.7. The number of aryl methyl sites for hydroxylation is 2. The zero-order valence-electron chi connectivity index (χ0n) is 14.2. The first kappa shape index (κ1) is 19.4. The van der Waals surface area contributed by atoms with Gasteiger partial charge in [-0.25, -0.2) is 8.42 Å². The van der Waals surface area contributed by atoms with E-state index in [0.29, 0.717) is 16.9 Å². The first-order chi connectivity index (χ1) is 10.7. The lowest BCUT2D eigenvalue weighted by atomic mass is 10.1. The molecule has 0 aliphatic rings. The van der Waals surface area contributed by atoms with E-state index in [-0.39, 0.29) is 30.6 Å². The van der Waals surface area contributed by atoms with Crippen molar-refractivity contribution in [3.63, 3.8) is 0 Å². The highest BCUT2D eigenvalue weighted by Crippen LogP contribution is 2.27. The van der Waals surface area contributed by atoms with Crippen LogP contribution in [0, 0.1) is 13.8 Å². The van der Waals surface area contributed by atoms with Gasteiger partial charge in [0, 0.05) is 20.6 Å². The van der Waals surface area contributed by atoms with Crippen molar-refractivity contribution in [2.24, 2.45) is 0 Å². The number of carbonyl (C=O) groups excluding carboxylic acids is 1. The fraction of sp³-hybridized carbons (Fsp3) is 0.533. The molecule has 0 heterocycles. The number of methoxy groups -OCH3 is 1. The zero-order chi connectivity index (χ0) is 17.6. The molecule has 0 saturated carbocycles. The number of benzene rings is 1. The second-order valence-corrected chi connectivity index (χ2v) is 7.12. The van der Waals surface area contributed by atoms with Crippen molar-refractivity contribution >= 4 is 15.9 Å². The number of hydrogen-bond donors (Lipinski definition) is 1. The van der Waals surface area contributed by atoms with Crippen molar-refractivity contribution in [2.75, 3.05) is 41.0 Å². The predicted octanol–water partition coefficient (Wildman–Crippen LogP) is 0.695. The van der Waals surface area contributed by atoms with Crippen LogP contribution in [-0.2, 0) is 19.6 Å². The van der Waals surface area contributed by atoms with Crippen molar-refractivity contribution in [3.8, 4) is 5.75 Å². The first-order valence-corrected chi connectivity index (χ1v) is 8.58. The van der Waals surface area contributed by atoms with Crippen molar-refractivity contribution in [2.45, 2.75) is 18.7 Å². The number of sulfonamides is 1. The van der Waals surface area contributed by atoms with Gasteiger partial charge in [0.15, 0.2) is 0 Å². The van der Waals surface area contributed by atoms with Gasteiger partial charge in [0.25, 0.3) is 0 Å². The van der Waals surface area contributed by atoms with Gasteiger partial charge in [-0.3, -0.25) is 4.79 Å². The largest absolute Gasteiger partial charge is 0.497 e. The Labute approximate surface area is 137 Å². The summed E-state index contributed by atoms with van der Waals surface area (Å²) >= 11 is 0. The van der Waals surface area contributed by atoms with Crippen LogP contribution in [0.15, 0.2) is 17.0 Å². The molecule has 0 bridgehead atoms. The van der Waals surface area contributed by atoms with Gasteiger partial charge >= 0.3 is 0 Å². The van der Waals surface area contributed by atoms with Crippen LogP contribution in [0.4, 0.5) is 0 Å². The van der Waals surface area contributed by atoms with Crippen LogP contribution in [0.2, 0.25) is 0 Å². The summed E-state index contributed by atoms with van der Waals surface area (Å²) in [6.07, 6.45) is 0. The minimum absolute atomic E-state index is 0.0923. The normalized spacial score (nSPS) is 11.6. The van der Waals surface area contributed by atoms with Gasteiger partial charge in [-0.05, 0) is 37.1 Å². The highest BCUT2D eigenvalue weighted by molar-refractivity contribution is 7.89. The monoisotopic (exact) mass is 344 g/mol. The standard InChI is InChI=1S/C15H24N2O5S/c1-11-8-13(21-5)9-12(2)15(11)23(19,20)17(4)6-7-22-10-14(18)16-3/h8-9H,6-7,10H2,1-5H3,(H,16,18). The lowest BCUT2D eigenvalue weighted by Crippen LogP contribution is -2.32. The molecule has 0 unspecified atom stereocenters. The molecule has 0 spiro atoms. The predicted molar refractivity (Wildman–Crippen MR) is 87.2 cm³/mol. The highest BCUT2D eigenvalue weighted by atomic mass is 32.2. The van der Waals surface area contributed by atoms with Crippen LogP contribution in [0.25, 0.3) is 0 Å². The van der Waals surface area contributed by atoms with Gasteiger partial charge in [-0.1, -0.05) is 0 Å². The molecule has 0 fully saturated rings. The van der Waals surface area contributed by atoms with Crippen LogP contribution < -0.4 is 10.1 Å². The summed E-state index contributed by atoms with van der Waals surface area (Å²) in [6, 6.07) is 3.38. The summed E-state index contributed by atoms with van der Waals surface area (Å²) < 4.78 is 36.9. The van der Waals surface area contributed by atoms with E-state index in [1.165, 1.54) is 25.5 Å². The number of rotatable bonds is 8. The molecule has 1 amide bonds. The van der Waals surface area contributed by atoms with E-state index in [1.54, 1.807) is 26.0 Å². The first-order valence-electron chi connectivity index (χ1n) is 7.14. The molecule has 1 N–H and O–H groups in total. The lowest BCUT2D eigenvalue weighted by Gasteiger charge is -2.20. The molecule has 0 aliphatic heterocycles. The third kappa shape index (κ3) is 4.92. The molecule has 1 aromatic rings. The minimum atomic E-state index is -3.63. The Bertz CT molecular complexity index is 635. The van der Waals surface area contributed by atoms with Gasteiger partial charge in [0.1, 0.15) is 12.4 Å². The Morgan fingerprint density at radius 1 is 1.26 bits per heavy atom. The number of nitrogens with zero attached hydrogens (tertiary/aromatic N) is 1. The van der Waals surface area contributed by atoms with Gasteiger partial charge in [0.2, 0.25) is 15.9 Å². The molecule has 0 saturated heterocycles. The molecule has 0 atom stereocenters. The topological polar surface area (TPSA) is 84.9 Å². The second-order valence-electron chi connectivity index (χ2n) is 5.14. The lowest BCUT2D eigenvalue weighted by molar-refractivity contribution is -0.125. The number of amides is 1. The molecule has 130 valence electrons. The smallest absolute Gasteiger partial charge is 0.245 e. The number of likely N-dealkylation sites (N-methyl/N-ethyl adjacent to an activating group) is 2. The summed E-state index contributed by atoms with van der Waals surface area (Å²) in [7, 11) is 0.905. The third-order valence-electron chi connectivity index (χ3n) is 3.40. The molecular formula is C15H24N2O5S. The molecular weight excluding hydrogens is 320 g/mol. The Morgan fingerprint density at radius 2 is 1.83 bits per heavy atom. The molecule has 8 heteroatoms. The highest BCUT2D eigenvalue weighted by Gasteiger charge is 2.25. The molecule has 0 radical (unpaired) electrons. The Hall–Kier alpha value is -1.64. The van der Waals surface area contributed by atoms with E-state index in [0.717, 1.165) is 0 Å². The summed E-state index contributed by atoms with van der Waals surface area (Å²) in [5.74, 6) is 0.368. The average molecular weight is 344 g/mol. The van der Waals surface area contributed by atoms with Crippen LogP contribution >= 0.6 is 0 Å². The quantitative estimate of drug-likeness (QED) is 0.702. The molecule has 0 aromatic heterocycles. The van der Waals surface area contributed by atoms with Crippen LogP contribution in [0.3, 0.4) is 0 Å². The van der Waals surface area contributed by atoms with E-state index >= 15 is 0 Å². The second kappa shape index (κ2) is 8.28. The van der Waals surface area contributed by atoms with Crippen LogP contribution in [0.5, 0.6) is 5.75 Å². The number of ether oxygens (including phenoxy) is 2. The fourth-order valence-electron chi connectivity index (χ4n) is 2.14. The Balaban J connectivity index is 2.84. The van der Waals surface area contributed by atoms with Gasteiger partial charge in [0.05, 0.1) is 18.6 Å². The number of carbonyl (C=O) groups is 1. The third-order valence-corrected chi connectivity index (χ3v) is 5.56. The Morgan fingerprint density at radius 3 is 2.30 bits per heavy atom. The molecule has 0 aliphatic carbocycles. The maximum Gasteiger partial charge on any atom is 0.245 e. The number of nitrogens with one attached hydrogen (secondary N) is 1. The number of hydrogen-bond acceptors (Lipinski definition) is 5. The summed E-state index contributed by atoms with van der Waals surface area (Å²) in [5, 5.41) is 2.43. The molecule has 1 aromatic carbocycles. The van der Waals surface area contributed by atoms with Gasteiger partial charge < -0.3 is 14.8 Å². The zero-order valence-corrected chi connectivity index (χ0v) is 15.0. The van der Waals surface area contributed by atoms with E-state index in [1.807, 2.05) is 0 Å². The minimum Gasteiger partial charge on any atom is -0.497 e. The summed E-state index contributed by atoms with van der Waals surface area (Å²) in [5.41, 5.74) is 1.25.